The molecule has 2 fully saturated rings. The second-order valence-corrected chi connectivity index (χ2v) is 6.62. The van der Waals surface area contributed by atoms with Gasteiger partial charge in [0.25, 0.3) is 0 Å². The molecule has 22 heavy (non-hydrogen) atoms. The molecule has 1 aromatic heterocycles. The van der Waals surface area contributed by atoms with Gasteiger partial charge in [0.15, 0.2) is 0 Å². The zero-order valence-corrected chi connectivity index (χ0v) is 13.7. The van der Waals surface area contributed by atoms with Crippen LogP contribution in [0.4, 0.5) is 5.69 Å². The minimum absolute atomic E-state index is 0.166. The number of hydrogen-bond acceptors (Lipinski definition) is 4. The maximum Gasteiger partial charge on any atom is 0.228 e. The number of hydrogen-bond donors (Lipinski definition) is 2. The molecule has 1 amide bonds. The minimum atomic E-state index is 0.166. The van der Waals surface area contributed by atoms with Gasteiger partial charge in [-0.1, -0.05) is 0 Å². The predicted molar refractivity (Wildman–Crippen MR) is 84.9 cm³/mol. The van der Waals surface area contributed by atoms with Crippen molar-refractivity contribution in [2.45, 2.75) is 39.7 Å². The van der Waals surface area contributed by atoms with Crippen molar-refractivity contribution in [3.63, 3.8) is 0 Å². The van der Waals surface area contributed by atoms with E-state index in [0.717, 1.165) is 49.4 Å². The Morgan fingerprint density at radius 2 is 2.18 bits per heavy atom. The summed E-state index contributed by atoms with van der Waals surface area (Å²) in [5.74, 6) is 0.343. The average molecular weight is 306 g/mol. The molecule has 1 aliphatic carbocycles. The molecule has 2 heterocycles. The third-order valence-electron chi connectivity index (χ3n) is 5.24. The van der Waals surface area contributed by atoms with Gasteiger partial charge in [0.1, 0.15) is 0 Å². The fourth-order valence-electron chi connectivity index (χ4n) is 3.68. The van der Waals surface area contributed by atoms with Gasteiger partial charge in [-0.3, -0.25) is 9.48 Å². The van der Waals surface area contributed by atoms with Crippen LogP contribution in [-0.2, 0) is 16.1 Å². The zero-order chi connectivity index (χ0) is 15.7. The van der Waals surface area contributed by atoms with Crippen molar-refractivity contribution in [2.75, 3.05) is 32.1 Å². The number of aromatic nitrogens is 2. The van der Waals surface area contributed by atoms with E-state index in [1.165, 1.54) is 0 Å². The summed E-state index contributed by atoms with van der Waals surface area (Å²) in [4.78, 5) is 12.6. The molecular weight excluding hydrogens is 280 g/mol. The van der Waals surface area contributed by atoms with Gasteiger partial charge in [-0.15, -0.1) is 0 Å². The highest BCUT2D eigenvalue weighted by Gasteiger charge is 2.57. The Hall–Kier alpha value is -1.40. The van der Waals surface area contributed by atoms with Gasteiger partial charge in [0.2, 0.25) is 5.91 Å². The molecule has 6 heteroatoms. The van der Waals surface area contributed by atoms with E-state index in [2.05, 4.69) is 15.7 Å². The van der Waals surface area contributed by atoms with E-state index in [4.69, 9.17) is 4.74 Å². The summed E-state index contributed by atoms with van der Waals surface area (Å²) in [5, 5.41) is 11.0. The molecule has 2 N–H and O–H groups in total. The van der Waals surface area contributed by atoms with Crippen molar-refractivity contribution < 1.29 is 9.53 Å². The Morgan fingerprint density at radius 3 is 2.86 bits per heavy atom. The van der Waals surface area contributed by atoms with Gasteiger partial charge in [-0.05, 0) is 51.6 Å². The molecule has 1 atom stereocenters. The second kappa shape index (κ2) is 6.01. The lowest BCUT2D eigenvalue weighted by Gasteiger charge is -2.23. The lowest BCUT2D eigenvalue weighted by Crippen LogP contribution is -2.31. The summed E-state index contributed by atoms with van der Waals surface area (Å²) in [6.07, 6.45) is 3.28. The van der Waals surface area contributed by atoms with Crippen LogP contribution in [0.15, 0.2) is 0 Å². The number of nitrogens with one attached hydrogen (secondary N) is 2. The average Bonchev–Trinajstić information content (AvgIpc) is 3.14. The molecule has 1 unspecified atom stereocenters. The quantitative estimate of drug-likeness (QED) is 0.864. The maximum absolute atomic E-state index is 12.6. The van der Waals surface area contributed by atoms with E-state index >= 15 is 0 Å². The summed E-state index contributed by atoms with van der Waals surface area (Å²) < 4.78 is 7.00. The largest absolute Gasteiger partial charge is 0.383 e. The number of carbonyl (C=O) groups is 1. The molecule has 1 aromatic rings. The topological polar surface area (TPSA) is 68.2 Å². The number of anilines is 1. The number of carbonyl (C=O) groups excluding carboxylic acids is 1. The van der Waals surface area contributed by atoms with Crippen LogP contribution in [0.5, 0.6) is 0 Å². The van der Waals surface area contributed by atoms with Gasteiger partial charge >= 0.3 is 0 Å². The molecule has 3 rings (SSSR count). The van der Waals surface area contributed by atoms with Crippen molar-refractivity contribution in [2.24, 2.45) is 11.3 Å². The molecule has 1 aliphatic heterocycles. The molecule has 0 bridgehead atoms. The summed E-state index contributed by atoms with van der Waals surface area (Å²) in [6.45, 7) is 7.34. The second-order valence-electron chi connectivity index (χ2n) is 6.62. The number of methoxy groups -OCH3 is 1. The normalized spacial score (nSPS) is 22.8. The van der Waals surface area contributed by atoms with E-state index in [0.29, 0.717) is 13.2 Å². The van der Waals surface area contributed by atoms with E-state index in [1.54, 1.807) is 7.11 Å². The Balaban J connectivity index is 1.66. The van der Waals surface area contributed by atoms with Crippen LogP contribution in [0.3, 0.4) is 0 Å². The summed E-state index contributed by atoms with van der Waals surface area (Å²) in [6, 6.07) is 0. The molecule has 0 aromatic carbocycles. The van der Waals surface area contributed by atoms with Gasteiger partial charge in [-0.2, -0.15) is 5.10 Å². The van der Waals surface area contributed by atoms with Crippen LogP contribution < -0.4 is 10.6 Å². The first kappa shape index (κ1) is 15.5. The zero-order valence-electron chi connectivity index (χ0n) is 13.7. The highest BCUT2D eigenvalue weighted by molar-refractivity contribution is 5.96. The van der Waals surface area contributed by atoms with Crippen molar-refractivity contribution in [3.05, 3.63) is 11.4 Å². The van der Waals surface area contributed by atoms with E-state index < -0.39 is 0 Å². The minimum Gasteiger partial charge on any atom is -0.383 e. The molecule has 0 radical (unpaired) electrons. The van der Waals surface area contributed by atoms with Crippen LogP contribution in [0, 0.1) is 25.2 Å². The first-order chi connectivity index (χ1) is 10.6. The van der Waals surface area contributed by atoms with Gasteiger partial charge in [-0.25, -0.2) is 0 Å². The van der Waals surface area contributed by atoms with Crippen LogP contribution in [-0.4, -0.2) is 42.5 Å². The fraction of sp³-hybridized carbons (Fsp3) is 0.750. The molecule has 1 spiro atoms. The lowest BCUT2D eigenvalue weighted by molar-refractivity contribution is -0.118. The number of ether oxygens (including phenoxy) is 1. The molecule has 1 saturated carbocycles. The van der Waals surface area contributed by atoms with Gasteiger partial charge in [0.05, 0.1) is 30.2 Å². The van der Waals surface area contributed by atoms with Crippen molar-refractivity contribution in [3.8, 4) is 0 Å². The predicted octanol–water partition coefficient (Wildman–Crippen LogP) is 1.47. The first-order valence-corrected chi connectivity index (χ1v) is 8.12. The highest BCUT2D eigenvalue weighted by atomic mass is 16.5. The number of rotatable bonds is 5. The molecule has 1 saturated heterocycles. The SMILES string of the molecule is COCCn1nc(C)c(NC(=O)C2CC23CCNCC3)c1C. The monoisotopic (exact) mass is 306 g/mol. The van der Waals surface area contributed by atoms with Gasteiger partial charge in [0, 0.05) is 13.0 Å². The van der Waals surface area contributed by atoms with Crippen LogP contribution in [0.25, 0.3) is 0 Å². The van der Waals surface area contributed by atoms with Crippen LogP contribution >= 0.6 is 0 Å². The Morgan fingerprint density at radius 1 is 1.45 bits per heavy atom. The molecule has 122 valence electrons. The van der Waals surface area contributed by atoms with Crippen molar-refractivity contribution in [1.82, 2.24) is 15.1 Å². The molecule has 6 nitrogen and oxygen atoms in total. The number of aryl methyl sites for hydroxylation is 1. The Bertz CT molecular complexity index is 561. The highest BCUT2D eigenvalue weighted by Crippen LogP contribution is 2.58. The number of piperidine rings is 1. The maximum atomic E-state index is 12.6. The van der Waals surface area contributed by atoms with Crippen LogP contribution in [0.2, 0.25) is 0 Å². The third-order valence-corrected chi connectivity index (χ3v) is 5.24. The Kier molecular flexibility index (Phi) is 4.23. The molecule has 2 aliphatic rings. The Labute approximate surface area is 131 Å². The van der Waals surface area contributed by atoms with Crippen LogP contribution in [0.1, 0.15) is 30.7 Å². The first-order valence-electron chi connectivity index (χ1n) is 8.12. The van der Waals surface area contributed by atoms with Gasteiger partial charge < -0.3 is 15.4 Å². The van der Waals surface area contributed by atoms with E-state index in [-0.39, 0.29) is 17.2 Å². The van der Waals surface area contributed by atoms with Crippen molar-refractivity contribution in [1.29, 1.82) is 0 Å². The summed E-state index contributed by atoms with van der Waals surface area (Å²) in [5.41, 5.74) is 3.02. The third kappa shape index (κ3) is 2.77. The molecular formula is C16H26N4O2. The standard InChI is InChI=1S/C16H26N4O2/c1-11-14(12(2)20(19-11)8-9-22-3)18-15(21)13-10-16(13)4-6-17-7-5-16/h13,17H,4-10H2,1-3H3,(H,18,21). The fourth-order valence-corrected chi connectivity index (χ4v) is 3.68. The number of amides is 1. The smallest absolute Gasteiger partial charge is 0.228 e. The van der Waals surface area contributed by atoms with Crippen molar-refractivity contribution >= 4 is 11.6 Å². The number of nitrogens with zero attached hydrogens (tertiary/aromatic N) is 2. The lowest BCUT2D eigenvalue weighted by atomic mass is 9.92. The van der Waals surface area contributed by atoms with E-state index in [9.17, 15) is 4.79 Å². The summed E-state index contributed by atoms with van der Waals surface area (Å²) >= 11 is 0. The summed E-state index contributed by atoms with van der Waals surface area (Å²) in [7, 11) is 1.68. The van der Waals surface area contributed by atoms with E-state index in [1.807, 2.05) is 18.5 Å².